The molecule has 96 valence electrons. The standard InChI is InChI=1S/C10H20N2O2.C2H6/c1-2-3-4-5-11-10(13)12-6-8-14-9-7-12;1-2/h2-9H2,1H3,(H,11,13);1-2H3. The lowest BCUT2D eigenvalue weighted by atomic mass is 10.2. The summed E-state index contributed by atoms with van der Waals surface area (Å²) in [5, 5.41) is 2.92. The lowest BCUT2D eigenvalue weighted by Gasteiger charge is -2.26. The largest absolute Gasteiger partial charge is 0.378 e. The Morgan fingerprint density at radius 2 is 1.88 bits per heavy atom. The number of nitrogens with zero attached hydrogens (tertiary/aromatic N) is 1. The van der Waals surface area contributed by atoms with Gasteiger partial charge in [0, 0.05) is 19.6 Å². The first-order valence-corrected chi connectivity index (χ1v) is 6.45. The molecular weight excluding hydrogens is 204 g/mol. The summed E-state index contributed by atoms with van der Waals surface area (Å²) in [7, 11) is 0. The Kier molecular flexibility index (Phi) is 10.2. The van der Waals surface area contributed by atoms with Gasteiger partial charge in [-0.2, -0.15) is 0 Å². The van der Waals surface area contributed by atoms with Gasteiger partial charge in [-0.3, -0.25) is 0 Å². The Bertz CT molecular complexity index is 168. The predicted octanol–water partition coefficient (Wildman–Crippen LogP) is 2.24. The van der Waals surface area contributed by atoms with Gasteiger partial charge in [-0.05, 0) is 6.42 Å². The highest BCUT2D eigenvalue weighted by Gasteiger charge is 2.15. The van der Waals surface area contributed by atoms with Crippen LogP contribution in [-0.4, -0.2) is 43.8 Å². The molecule has 0 aliphatic carbocycles. The van der Waals surface area contributed by atoms with Crippen LogP contribution in [0, 0.1) is 0 Å². The van der Waals surface area contributed by atoms with Crippen molar-refractivity contribution in [2.75, 3.05) is 32.8 Å². The Hall–Kier alpha value is -0.770. The summed E-state index contributed by atoms with van der Waals surface area (Å²) in [6, 6.07) is 0.0596. The van der Waals surface area contributed by atoms with Crippen molar-refractivity contribution >= 4 is 6.03 Å². The molecule has 0 atom stereocenters. The lowest BCUT2D eigenvalue weighted by molar-refractivity contribution is 0.0532. The molecule has 0 aromatic heterocycles. The van der Waals surface area contributed by atoms with Gasteiger partial charge in [0.15, 0.2) is 0 Å². The van der Waals surface area contributed by atoms with Crippen LogP contribution in [0.5, 0.6) is 0 Å². The van der Waals surface area contributed by atoms with Crippen LogP contribution in [-0.2, 0) is 4.74 Å². The molecule has 0 spiro atoms. The highest BCUT2D eigenvalue weighted by Crippen LogP contribution is 1.97. The molecule has 16 heavy (non-hydrogen) atoms. The molecule has 1 aliphatic rings. The number of hydrogen-bond donors (Lipinski definition) is 1. The normalized spacial score (nSPS) is 15.1. The van der Waals surface area contributed by atoms with E-state index in [9.17, 15) is 4.79 Å². The summed E-state index contributed by atoms with van der Waals surface area (Å²) in [5.41, 5.74) is 0. The van der Waals surface area contributed by atoms with Crippen molar-refractivity contribution in [3.05, 3.63) is 0 Å². The summed E-state index contributed by atoms with van der Waals surface area (Å²) >= 11 is 0. The first-order valence-electron chi connectivity index (χ1n) is 6.45. The van der Waals surface area contributed by atoms with E-state index in [4.69, 9.17) is 4.74 Å². The molecule has 1 aliphatic heterocycles. The van der Waals surface area contributed by atoms with Crippen LogP contribution in [0.25, 0.3) is 0 Å². The van der Waals surface area contributed by atoms with E-state index in [1.807, 2.05) is 18.7 Å². The topological polar surface area (TPSA) is 41.6 Å². The number of unbranched alkanes of at least 4 members (excludes halogenated alkanes) is 2. The highest BCUT2D eigenvalue weighted by atomic mass is 16.5. The Morgan fingerprint density at radius 1 is 1.25 bits per heavy atom. The smallest absolute Gasteiger partial charge is 0.317 e. The first kappa shape index (κ1) is 15.2. The number of urea groups is 1. The van der Waals surface area contributed by atoms with E-state index >= 15 is 0 Å². The molecule has 4 nitrogen and oxygen atoms in total. The van der Waals surface area contributed by atoms with Gasteiger partial charge in [0.05, 0.1) is 13.2 Å². The predicted molar refractivity (Wildman–Crippen MR) is 66.7 cm³/mol. The Morgan fingerprint density at radius 3 is 2.44 bits per heavy atom. The fraction of sp³-hybridized carbons (Fsp3) is 0.917. The third-order valence-corrected chi connectivity index (χ3v) is 2.35. The van der Waals surface area contributed by atoms with E-state index in [1.165, 1.54) is 12.8 Å². The van der Waals surface area contributed by atoms with Crippen molar-refractivity contribution in [1.82, 2.24) is 10.2 Å². The third kappa shape index (κ3) is 6.67. The van der Waals surface area contributed by atoms with Gasteiger partial charge in [-0.15, -0.1) is 0 Å². The van der Waals surface area contributed by atoms with E-state index in [2.05, 4.69) is 12.2 Å². The number of carbonyl (C=O) groups is 1. The minimum atomic E-state index is 0.0596. The number of rotatable bonds is 4. The number of morpholine rings is 1. The number of hydrogen-bond acceptors (Lipinski definition) is 2. The van der Waals surface area contributed by atoms with Crippen molar-refractivity contribution in [1.29, 1.82) is 0 Å². The molecule has 1 saturated heterocycles. The Labute approximate surface area is 99.3 Å². The molecule has 0 saturated carbocycles. The van der Waals surface area contributed by atoms with Gasteiger partial charge in [-0.25, -0.2) is 4.79 Å². The zero-order chi connectivity index (χ0) is 12.2. The maximum Gasteiger partial charge on any atom is 0.317 e. The van der Waals surface area contributed by atoms with Gasteiger partial charge in [-0.1, -0.05) is 33.6 Å². The second-order valence-electron chi connectivity index (χ2n) is 3.54. The van der Waals surface area contributed by atoms with Crippen LogP contribution in [0.3, 0.4) is 0 Å². The van der Waals surface area contributed by atoms with Crippen LogP contribution in [0.15, 0.2) is 0 Å². The van der Waals surface area contributed by atoms with Gasteiger partial charge in [0.2, 0.25) is 0 Å². The summed E-state index contributed by atoms with van der Waals surface area (Å²) < 4.78 is 5.17. The molecule has 0 bridgehead atoms. The van der Waals surface area contributed by atoms with Crippen LogP contribution in [0.2, 0.25) is 0 Å². The molecule has 0 aromatic carbocycles. The van der Waals surface area contributed by atoms with Gasteiger partial charge < -0.3 is 15.0 Å². The minimum Gasteiger partial charge on any atom is -0.378 e. The van der Waals surface area contributed by atoms with Crippen molar-refractivity contribution in [3.63, 3.8) is 0 Å². The molecule has 1 rings (SSSR count). The van der Waals surface area contributed by atoms with E-state index in [0.717, 1.165) is 26.1 Å². The molecule has 1 N–H and O–H groups in total. The Balaban J connectivity index is 0.00000106. The van der Waals surface area contributed by atoms with Crippen molar-refractivity contribution in [3.8, 4) is 0 Å². The zero-order valence-electron chi connectivity index (χ0n) is 10.9. The van der Waals surface area contributed by atoms with Gasteiger partial charge in [0.25, 0.3) is 0 Å². The molecule has 0 unspecified atom stereocenters. The maximum absolute atomic E-state index is 11.5. The summed E-state index contributed by atoms with van der Waals surface area (Å²) in [6.07, 6.45) is 3.45. The van der Waals surface area contributed by atoms with E-state index in [1.54, 1.807) is 0 Å². The van der Waals surface area contributed by atoms with Gasteiger partial charge >= 0.3 is 6.03 Å². The third-order valence-electron chi connectivity index (χ3n) is 2.35. The van der Waals surface area contributed by atoms with E-state index in [0.29, 0.717) is 13.2 Å². The number of ether oxygens (including phenoxy) is 1. The number of amides is 2. The maximum atomic E-state index is 11.5. The second-order valence-corrected chi connectivity index (χ2v) is 3.54. The van der Waals surface area contributed by atoms with Crippen molar-refractivity contribution in [2.24, 2.45) is 0 Å². The molecule has 2 amide bonds. The average Bonchev–Trinajstić information content (AvgIpc) is 2.38. The summed E-state index contributed by atoms with van der Waals surface area (Å²) in [6.45, 7) is 9.73. The van der Waals surface area contributed by atoms with Crippen molar-refractivity contribution < 1.29 is 9.53 Å². The summed E-state index contributed by atoms with van der Waals surface area (Å²) in [4.78, 5) is 13.3. The molecule has 1 fully saturated rings. The quantitative estimate of drug-likeness (QED) is 0.753. The molecule has 0 radical (unpaired) electrons. The SMILES string of the molecule is CC.CCCCCNC(=O)N1CCOCC1. The van der Waals surface area contributed by atoms with Crippen molar-refractivity contribution in [2.45, 2.75) is 40.0 Å². The second kappa shape index (κ2) is 10.7. The van der Waals surface area contributed by atoms with E-state index in [-0.39, 0.29) is 6.03 Å². The lowest BCUT2D eigenvalue weighted by Crippen LogP contribution is -2.46. The zero-order valence-corrected chi connectivity index (χ0v) is 10.9. The fourth-order valence-electron chi connectivity index (χ4n) is 1.45. The minimum absolute atomic E-state index is 0.0596. The van der Waals surface area contributed by atoms with Crippen LogP contribution in [0.1, 0.15) is 40.0 Å². The molecule has 1 heterocycles. The van der Waals surface area contributed by atoms with E-state index < -0.39 is 0 Å². The fourth-order valence-corrected chi connectivity index (χ4v) is 1.45. The average molecular weight is 230 g/mol. The number of nitrogens with one attached hydrogen (secondary N) is 1. The summed E-state index contributed by atoms with van der Waals surface area (Å²) in [5.74, 6) is 0. The number of carbonyl (C=O) groups excluding carboxylic acids is 1. The molecule has 4 heteroatoms. The highest BCUT2D eigenvalue weighted by molar-refractivity contribution is 5.74. The van der Waals surface area contributed by atoms with Crippen LogP contribution < -0.4 is 5.32 Å². The van der Waals surface area contributed by atoms with Crippen LogP contribution >= 0.6 is 0 Å². The molecular formula is C12H26N2O2. The van der Waals surface area contributed by atoms with Gasteiger partial charge in [0.1, 0.15) is 0 Å². The van der Waals surface area contributed by atoms with Crippen LogP contribution in [0.4, 0.5) is 4.79 Å². The first-order chi connectivity index (χ1) is 7.84. The molecule has 0 aromatic rings. The monoisotopic (exact) mass is 230 g/mol.